The third kappa shape index (κ3) is 4.25. The van der Waals surface area contributed by atoms with Gasteiger partial charge in [-0.1, -0.05) is 18.2 Å². The van der Waals surface area contributed by atoms with Crippen LogP contribution in [-0.2, 0) is 11.3 Å². The molecule has 5 rings (SSSR count). The lowest BCUT2D eigenvalue weighted by molar-refractivity contribution is -0.116. The van der Waals surface area contributed by atoms with Gasteiger partial charge in [-0.2, -0.15) is 0 Å². The molecule has 2 heterocycles. The van der Waals surface area contributed by atoms with Crippen molar-refractivity contribution in [1.29, 1.82) is 0 Å². The molecule has 8 nitrogen and oxygen atoms in total. The quantitative estimate of drug-likeness (QED) is 0.357. The molecule has 1 amide bonds. The van der Waals surface area contributed by atoms with Crippen LogP contribution in [0.15, 0.2) is 82.4 Å². The molecular weight excluding hydrogens is 478 g/mol. The van der Waals surface area contributed by atoms with Crippen LogP contribution >= 0.6 is 11.3 Å². The van der Waals surface area contributed by atoms with Gasteiger partial charge in [0.05, 0.1) is 24.9 Å². The van der Waals surface area contributed by atoms with E-state index in [1.807, 2.05) is 31.2 Å². The largest absolute Gasteiger partial charge is 0.497 e. The van der Waals surface area contributed by atoms with E-state index in [0.717, 1.165) is 14.7 Å². The summed E-state index contributed by atoms with van der Waals surface area (Å²) in [6.45, 7) is 2.18. The van der Waals surface area contributed by atoms with Gasteiger partial charge in [-0.05, 0) is 61.5 Å². The predicted molar refractivity (Wildman–Crippen MR) is 142 cm³/mol. The van der Waals surface area contributed by atoms with Crippen molar-refractivity contribution in [3.8, 4) is 17.2 Å². The Hall–Kier alpha value is -4.37. The smallest absolute Gasteiger partial charge is 0.336 e. The SMILES string of the molecule is CCOc1ccc(NC(=O)Cn2c(=O)n(-c3ccc(OC)cc3)c(=O)c3sc4ccccc4c32)cc1. The van der Waals surface area contributed by atoms with Gasteiger partial charge < -0.3 is 14.8 Å². The van der Waals surface area contributed by atoms with Crippen LogP contribution in [0.3, 0.4) is 0 Å². The van der Waals surface area contributed by atoms with E-state index in [9.17, 15) is 14.4 Å². The minimum absolute atomic E-state index is 0.264. The van der Waals surface area contributed by atoms with Gasteiger partial charge in [0.25, 0.3) is 5.56 Å². The Morgan fingerprint density at radius 3 is 2.33 bits per heavy atom. The summed E-state index contributed by atoms with van der Waals surface area (Å²) in [5, 5.41) is 3.58. The summed E-state index contributed by atoms with van der Waals surface area (Å²) in [7, 11) is 1.54. The molecule has 0 saturated heterocycles. The Balaban J connectivity index is 1.62. The van der Waals surface area contributed by atoms with E-state index in [1.54, 1.807) is 55.6 Å². The fraction of sp³-hybridized carbons (Fsp3) is 0.148. The molecule has 0 aliphatic rings. The van der Waals surface area contributed by atoms with Crippen LogP contribution in [-0.4, -0.2) is 28.8 Å². The average Bonchev–Trinajstić information content (AvgIpc) is 3.28. The first-order chi connectivity index (χ1) is 17.5. The number of anilines is 1. The van der Waals surface area contributed by atoms with Gasteiger partial charge in [0.1, 0.15) is 22.7 Å². The van der Waals surface area contributed by atoms with E-state index in [4.69, 9.17) is 9.47 Å². The molecule has 2 aromatic heterocycles. The number of nitrogens with one attached hydrogen (secondary N) is 1. The molecule has 0 saturated carbocycles. The lowest BCUT2D eigenvalue weighted by atomic mass is 10.2. The number of methoxy groups -OCH3 is 1. The van der Waals surface area contributed by atoms with E-state index in [2.05, 4.69) is 5.32 Å². The van der Waals surface area contributed by atoms with Crippen LogP contribution in [0.25, 0.3) is 26.0 Å². The molecule has 0 radical (unpaired) electrons. The zero-order valence-electron chi connectivity index (χ0n) is 19.7. The van der Waals surface area contributed by atoms with Gasteiger partial charge in [0, 0.05) is 15.8 Å². The third-order valence-corrected chi connectivity index (χ3v) is 6.89. The summed E-state index contributed by atoms with van der Waals surface area (Å²) in [4.78, 5) is 40.3. The van der Waals surface area contributed by atoms with Crippen molar-refractivity contribution in [2.75, 3.05) is 19.0 Å². The molecule has 9 heteroatoms. The van der Waals surface area contributed by atoms with Gasteiger partial charge in [-0.15, -0.1) is 11.3 Å². The molecule has 36 heavy (non-hydrogen) atoms. The van der Waals surface area contributed by atoms with E-state index < -0.39 is 17.2 Å². The first kappa shape index (κ1) is 23.4. The molecular formula is C27H23N3O5S. The normalized spacial score (nSPS) is 11.1. The molecule has 0 aliphatic carbocycles. The Morgan fingerprint density at radius 1 is 0.944 bits per heavy atom. The fourth-order valence-corrected chi connectivity index (χ4v) is 5.24. The maximum Gasteiger partial charge on any atom is 0.336 e. The number of carbonyl (C=O) groups is 1. The molecule has 3 aromatic carbocycles. The van der Waals surface area contributed by atoms with E-state index in [-0.39, 0.29) is 6.54 Å². The van der Waals surface area contributed by atoms with Crippen LogP contribution in [0.5, 0.6) is 11.5 Å². The number of aromatic nitrogens is 2. The highest BCUT2D eigenvalue weighted by atomic mass is 32.1. The number of hydrogen-bond donors (Lipinski definition) is 1. The number of hydrogen-bond acceptors (Lipinski definition) is 6. The van der Waals surface area contributed by atoms with Crippen molar-refractivity contribution in [2.45, 2.75) is 13.5 Å². The number of fused-ring (bicyclic) bond motifs is 3. The lowest BCUT2D eigenvalue weighted by Gasteiger charge is -2.13. The van der Waals surface area contributed by atoms with Crippen molar-refractivity contribution in [3.05, 3.63) is 93.6 Å². The summed E-state index contributed by atoms with van der Waals surface area (Å²) in [6, 6.07) is 21.1. The maximum atomic E-state index is 13.7. The Kier molecular flexibility index (Phi) is 6.30. The van der Waals surface area contributed by atoms with Gasteiger partial charge >= 0.3 is 5.69 Å². The summed E-state index contributed by atoms with van der Waals surface area (Å²) in [5.74, 6) is 0.910. The minimum atomic E-state index is -0.594. The number of thiophene rings is 1. The third-order valence-electron chi connectivity index (χ3n) is 5.74. The maximum absolute atomic E-state index is 13.7. The average molecular weight is 502 g/mol. The topological polar surface area (TPSA) is 91.6 Å². The first-order valence-corrected chi connectivity index (χ1v) is 12.2. The van der Waals surface area contributed by atoms with Crippen molar-refractivity contribution in [3.63, 3.8) is 0 Å². The van der Waals surface area contributed by atoms with E-state index >= 15 is 0 Å². The van der Waals surface area contributed by atoms with Crippen LogP contribution in [0, 0.1) is 0 Å². The first-order valence-electron chi connectivity index (χ1n) is 11.3. The Bertz CT molecular complexity index is 1680. The van der Waals surface area contributed by atoms with Crippen LogP contribution in [0.1, 0.15) is 6.92 Å². The standard InChI is InChI=1S/C27H23N3O5S/c1-3-35-20-12-8-17(9-13-20)28-23(31)16-29-24-21-6-4-5-7-22(21)36-25(24)26(32)30(27(29)33)18-10-14-19(34-2)15-11-18/h4-15H,3,16H2,1-2H3,(H,28,31). The number of rotatable bonds is 7. The molecule has 0 atom stereocenters. The van der Waals surface area contributed by atoms with Crippen LogP contribution in [0.4, 0.5) is 5.69 Å². The second-order valence-corrected chi connectivity index (χ2v) is 9.04. The zero-order valence-corrected chi connectivity index (χ0v) is 20.5. The molecule has 0 bridgehead atoms. The highest BCUT2D eigenvalue weighted by molar-refractivity contribution is 7.25. The summed E-state index contributed by atoms with van der Waals surface area (Å²) in [6.07, 6.45) is 0. The van der Waals surface area contributed by atoms with Crippen LogP contribution < -0.4 is 26.0 Å². The van der Waals surface area contributed by atoms with Gasteiger partial charge in [0.15, 0.2) is 0 Å². The highest BCUT2D eigenvalue weighted by Crippen LogP contribution is 2.31. The molecule has 0 aliphatic heterocycles. The fourth-order valence-electron chi connectivity index (χ4n) is 4.10. The van der Waals surface area contributed by atoms with Gasteiger partial charge in [-0.25, -0.2) is 9.36 Å². The summed E-state index contributed by atoms with van der Waals surface area (Å²) in [5.41, 5.74) is 0.405. The molecule has 0 spiro atoms. The van der Waals surface area contributed by atoms with E-state index in [1.165, 1.54) is 15.9 Å². The summed E-state index contributed by atoms with van der Waals surface area (Å²) >= 11 is 1.30. The number of carbonyl (C=O) groups excluding carboxylic acids is 1. The Labute approximate surface area is 209 Å². The van der Waals surface area contributed by atoms with Crippen molar-refractivity contribution in [2.24, 2.45) is 0 Å². The second kappa shape index (κ2) is 9.71. The lowest BCUT2D eigenvalue weighted by Crippen LogP contribution is -2.40. The number of benzene rings is 3. The zero-order chi connectivity index (χ0) is 25.2. The van der Waals surface area contributed by atoms with E-state index in [0.29, 0.717) is 39.7 Å². The highest BCUT2D eigenvalue weighted by Gasteiger charge is 2.21. The molecule has 0 fully saturated rings. The van der Waals surface area contributed by atoms with Gasteiger partial charge in [-0.3, -0.25) is 14.2 Å². The molecule has 5 aromatic rings. The van der Waals surface area contributed by atoms with Gasteiger partial charge in [0.2, 0.25) is 5.91 Å². The van der Waals surface area contributed by atoms with Crippen molar-refractivity contribution >= 4 is 43.2 Å². The van der Waals surface area contributed by atoms with Crippen LogP contribution in [0.2, 0.25) is 0 Å². The Morgan fingerprint density at radius 2 is 1.64 bits per heavy atom. The minimum Gasteiger partial charge on any atom is -0.497 e. The number of amides is 1. The van der Waals surface area contributed by atoms with Crippen molar-refractivity contribution in [1.82, 2.24) is 9.13 Å². The monoisotopic (exact) mass is 501 g/mol. The second-order valence-electron chi connectivity index (χ2n) is 7.99. The summed E-state index contributed by atoms with van der Waals surface area (Å²) < 4.78 is 14.4. The van der Waals surface area contributed by atoms with Crippen molar-refractivity contribution < 1.29 is 14.3 Å². The molecule has 1 N–H and O–H groups in total. The molecule has 182 valence electrons. The number of nitrogens with zero attached hydrogens (tertiary/aromatic N) is 2. The number of ether oxygens (including phenoxy) is 2. The predicted octanol–water partition coefficient (Wildman–Crippen LogP) is 4.41. The molecule has 0 unspecified atom stereocenters.